The van der Waals surface area contributed by atoms with Crippen molar-refractivity contribution >= 4 is 11.7 Å². The first-order chi connectivity index (χ1) is 13.5. The molecule has 0 atom stereocenters. The second-order valence-electron chi connectivity index (χ2n) is 8.16. The monoisotopic (exact) mass is 379 g/mol. The summed E-state index contributed by atoms with van der Waals surface area (Å²) in [6.07, 6.45) is 2.10. The number of benzene rings is 1. The number of hydrogen-bond donors (Lipinski definition) is 0. The van der Waals surface area contributed by atoms with Gasteiger partial charge < -0.3 is 9.47 Å². The van der Waals surface area contributed by atoms with Crippen LogP contribution in [0.2, 0.25) is 0 Å². The minimum Gasteiger partial charge on any atom is -0.344 e. The van der Waals surface area contributed by atoms with E-state index in [1.54, 1.807) is 0 Å². The molecular formula is C23H29N3O2. The van der Waals surface area contributed by atoms with Gasteiger partial charge in [0.25, 0.3) is 0 Å². The van der Waals surface area contributed by atoms with Crippen molar-refractivity contribution in [1.29, 1.82) is 0 Å². The normalized spacial score (nSPS) is 17.7. The summed E-state index contributed by atoms with van der Waals surface area (Å²) in [6.45, 7) is 8.38. The van der Waals surface area contributed by atoms with Gasteiger partial charge in [-0.2, -0.15) is 0 Å². The van der Waals surface area contributed by atoms with E-state index in [4.69, 9.17) is 0 Å². The summed E-state index contributed by atoms with van der Waals surface area (Å²) < 4.78 is 2.22. The predicted octanol–water partition coefficient (Wildman–Crippen LogP) is 2.89. The molecule has 0 radical (unpaired) electrons. The summed E-state index contributed by atoms with van der Waals surface area (Å²) in [5.41, 5.74) is 4.21. The largest absolute Gasteiger partial charge is 0.344 e. The number of carbonyl (C=O) groups excluding carboxylic acids is 2. The van der Waals surface area contributed by atoms with E-state index in [1.807, 2.05) is 36.1 Å². The fourth-order valence-electron chi connectivity index (χ4n) is 4.10. The Morgan fingerprint density at radius 3 is 2.32 bits per heavy atom. The topological polar surface area (TPSA) is 45.6 Å². The van der Waals surface area contributed by atoms with Gasteiger partial charge in [0.05, 0.1) is 6.54 Å². The van der Waals surface area contributed by atoms with Gasteiger partial charge in [0.15, 0.2) is 5.78 Å². The first kappa shape index (κ1) is 18.9. The SMILES string of the molecule is Cc1cc(C(=O)CN2CCN(C(=O)C3CC3)CC2)c(C)n1Cc1ccccc1. The molecule has 0 spiro atoms. The van der Waals surface area contributed by atoms with E-state index >= 15 is 0 Å². The van der Waals surface area contributed by atoms with Crippen LogP contribution >= 0.6 is 0 Å². The van der Waals surface area contributed by atoms with Crippen molar-refractivity contribution in [2.45, 2.75) is 33.2 Å². The lowest BCUT2D eigenvalue weighted by atomic mass is 10.1. The lowest BCUT2D eigenvalue weighted by Gasteiger charge is -2.34. The number of ketones is 1. The molecule has 1 amide bonds. The second-order valence-corrected chi connectivity index (χ2v) is 8.16. The van der Waals surface area contributed by atoms with Crippen molar-refractivity contribution in [3.63, 3.8) is 0 Å². The number of piperazine rings is 1. The van der Waals surface area contributed by atoms with Gasteiger partial charge in [0.2, 0.25) is 5.91 Å². The molecule has 2 aromatic rings. The van der Waals surface area contributed by atoms with Crippen molar-refractivity contribution in [2.24, 2.45) is 5.92 Å². The quantitative estimate of drug-likeness (QED) is 0.725. The number of nitrogens with zero attached hydrogens (tertiary/aromatic N) is 3. The molecule has 1 aromatic heterocycles. The minimum absolute atomic E-state index is 0.175. The van der Waals surface area contributed by atoms with Crippen molar-refractivity contribution in [3.05, 3.63) is 58.9 Å². The second kappa shape index (κ2) is 7.92. The van der Waals surface area contributed by atoms with E-state index in [9.17, 15) is 9.59 Å². The molecule has 5 heteroatoms. The highest BCUT2D eigenvalue weighted by molar-refractivity contribution is 5.99. The maximum atomic E-state index is 12.9. The molecule has 2 heterocycles. The summed E-state index contributed by atoms with van der Waals surface area (Å²) in [5, 5.41) is 0. The molecule has 2 aliphatic rings. The Bertz CT molecular complexity index is 859. The number of Topliss-reactive ketones (excluding diaryl/α,β-unsaturated/α-hetero) is 1. The zero-order chi connectivity index (χ0) is 19.7. The molecule has 28 heavy (non-hydrogen) atoms. The fraction of sp³-hybridized carbons (Fsp3) is 0.478. The van der Waals surface area contributed by atoms with E-state index in [2.05, 4.69) is 28.5 Å². The first-order valence-corrected chi connectivity index (χ1v) is 10.3. The van der Waals surface area contributed by atoms with Crippen molar-refractivity contribution in [2.75, 3.05) is 32.7 Å². The fourth-order valence-corrected chi connectivity index (χ4v) is 4.10. The zero-order valence-corrected chi connectivity index (χ0v) is 16.9. The van der Waals surface area contributed by atoms with Crippen LogP contribution in [0.1, 0.15) is 40.2 Å². The molecule has 0 unspecified atom stereocenters. The first-order valence-electron chi connectivity index (χ1n) is 10.3. The summed E-state index contributed by atoms with van der Waals surface area (Å²) in [7, 11) is 0. The van der Waals surface area contributed by atoms with Crippen molar-refractivity contribution in [3.8, 4) is 0 Å². The number of amides is 1. The van der Waals surface area contributed by atoms with Gasteiger partial charge >= 0.3 is 0 Å². The third-order valence-electron chi connectivity index (χ3n) is 6.04. The molecule has 0 N–H and O–H groups in total. The van der Waals surface area contributed by atoms with Gasteiger partial charge in [-0.1, -0.05) is 30.3 Å². The van der Waals surface area contributed by atoms with Crippen LogP contribution in [0, 0.1) is 19.8 Å². The Kier molecular flexibility index (Phi) is 5.36. The maximum absolute atomic E-state index is 12.9. The van der Waals surface area contributed by atoms with Gasteiger partial charge in [-0.15, -0.1) is 0 Å². The lowest BCUT2D eigenvalue weighted by molar-refractivity contribution is -0.134. The van der Waals surface area contributed by atoms with Crippen LogP contribution in [-0.4, -0.2) is 58.8 Å². The molecule has 1 aliphatic heterocycles. The van der Waals surface area contributed by atoms with E-state index in [0.717, 1.165) is 62.5 Å². The summed E-state index contributed by atoms with van der Waals surface area (Å²) >= 11 is 0. The Morgan fingerprint density at radius 1 is 1.00 bits per heavy atom. The molecule has 1 saturated carbocycles. The van der Waals surface area contributed by atoms with E-state index in [0.29, 0.717) is 12.5 Å². The van der Waals surface area contributed by atoms with Gasteiger partial charge in [-0.3, -0.25) is 14.5 Å². The summed E-state index contributed by atoms with van der Waals surface area (Å²) in [6, 6.07) is 12.4. The van der Waals surface area contributed by atoms with Crippen LogP contribution in [0.15, 0.2) is 36.4 Å². The van der Waals surface area contributed by atoms with Crippen LogP contribution in [0.4, 0.5) is 0 Å². The van der Waals surface area contributed by atoms with Gasteiger partial charge in [0, 0.05) is 55.6 Å². The van der Waals surface area contributed by atoms with Crippen molar-refractivity contribution < 1.29 is 9.59 Å². The number of aryl methyl sites for hydroxylation is 1. The van der Waals surface area contributed by atoms with E-state index in [1.165, 1.54) is 5.56 Å². The third-order valence-corrected chi connectivity index (χ3v) is 6.04. The number of aromatic nitrogens is 1. The average molecular weight is 380 g/mol. The van der Waals surface area contributed by atoms with Crippen LogP contribution in [-0.2, 0) is 11.3 Å². The summed E-state index contributed by atoms with van der Waals surface area (Å²) in [5.74, 6) is 0.771. The Balaban J connectivity index is 1.37. The third kappa shape index (κ3) is 4.04. The molecule has 1 aromatic carbocycles. The van der Waals surface area contributed by atoms with Crippen LogP contribution in [0.5, 0.6) is 0 Å². The Labute approximate surface area is 166 Å². The maximum Gasteiger partial charge on any atom is 0.225 e. The molecule has 148 valence electrons. The Morgan fingerprint density at radius 2 is 1.68 bits per heavy atom. The van der Waals surface area contributed by atoms with Gasteiger partial charge in [-0.05, 0) is 38.3 Å². The molecule has 0 bridgehead atoms. The number of hydrogen-bond acceptors (Lipinski definition) is 3. The minimum atomic E-state index is 0.175. The van der Waals surface area contributed by atoms with E-state index in [-0.39, 0.29) is 11.7 Å². The molecule has 2 fully saturated rings. The molecule has 1 aliphatic carbocycles. The van der Waals surface area contributed by atoms with Crippen LogP contribution < -0.4 is 0 Å². The molecule has 5 nitrogen and oxygen atoms in total. The number of rotatable bonds is 6. The van der Waals surface area contributed by atoms with Gasteiger partial charge in [-0.25, -0.2) is 0 Å². The van der Waals surface area contributed by atoms with Gasteiger partial charge in [0.1, 0.15) is 0 Å². The average Bonchev–Trinajstić information content (AvgIpc) is 3.51. The van der Waals surface area contributed by atoms with E-state index < -0.39 is 0 Å². The van der Waals surface area contributed by atoms with Crippen LogP contribution in [0.25, 0.3) is 0 Å². The summed E-state index contributed by atoms with van der Waals surface area (Å²) in [4.78, 5) is 29.3. The highest BCUT2D eigenvalue weighted by atomic mass is 16.2. The highest BCUT2D eigenvalue weighted by Gasteiger charge is 2.34. The van der Waals surface area contributed by atoms with Crippen LogP contribution in [0.3, 0.4) is 0 Å². The number of carbonyl (C=O) groups is 2. The standard InChI is InChI=1S/C23H29N3O2/c1-17-14-21(18(2)26(17)15-19-6-4-3-5-7-19)22(27)16-24-10-12-25(13-11-24)23(28)20-8-9-20/h3-7,14,20H,8-13,15-16H2,1-2H3. The predicted molar refractivity (Wildman–Crippen MR) is 110 cm³/mol. The zero-order valence-electron chi connectivity index (χ0n) is 16.9. The Hall–Kier alpha value is -2.40. The smallest absolute Gasteiger partial charge is 0.225 e. The molecule has 1 saturated heterocycles. The van der Waals surface area contributed by atoms with Crippen molar-refractivity contribution in [1.82, 2.24) is 14.4 Å². The highest BCUT2D eigenvalue weighted by Crippen LogP contribution is 2.31. The molecular weight excluding hydrogens is 350 g/mol. The molecule has 4 rings (SSSR count). The lowest BCUT2D eigenvalue weighted by Crippen LogP contribution is -2.50.